The molecule has 1 heterocycles. The molecule has 0 bridgehead atoms. The van der Waals surface area contributed by atoms with E-state index in [1.54, 1.807) is 6.92 Å². The Morgan fingerprint density at radius 1 is 1.21 bits per heavy atom. The number of aromatic nitrogens is 2. The Hall–Kier alpha value is -2.58. The molecule has 0 spiro atoms. The lowest BCUT2D eigenvalue weighted by Gasteiger charge is -2.10. The second kappa shape index (κ2) is 5.38. The fourth-order valence-corrected chi connectivity index (χ4v) is 1.50. The second-order valence-electron chi connectivity index (χ2n) is 3.83. The molecule has 0 amide bonds. The summed E-state index contributed by atoms with van der Waals surface area (Å²) in [5, 5.41) is 17.1. The van der Waals surface area contributed by atoms with Crippen LogP contribution < -0.4 is 22.7 Å². The summed E-state index contributed by atoms with van der Waals surface area (Å²) in [7, 11) is 2.65. The third-order valence-electron chi connectivity index (χ3n) is 2.54. The van der Waals surface area contributed by atoms with Gasteiger partial charge in [0.25, 0.3) is 5.56 Å². The van der Waals surface area contributed by atoms with E-state index in [4.69, 9.17) is 11.5 Å². The molecule has 0 unspecified atom stereocenters. The third-order valence-corrected chi connectivity index (χ3v) is 2.54. The van der Waals surface area contributed by atoms with Gasteiger partial charge in [0.2, 0.25) is 11.8 Å². The molecule has 0 aliphatic heterocycles. The van der Waals surface area contributed by atoms with Crippen LogP contribution in [0.2, 0.25) is 0 Å². The molecule has 0 radical (unpaired) electrons. The first-order valence-corrected chi connectivity index (χ1v) is 5.46. The molecule has 0 fully saturated rings. The zero-order valence-corrected chi connectivity index (χ0v) is 10.9. The average Bonchev–Trinajstić information content (AvgIpc) is 2.37. The standard InChI is InChI=1S/C10H16N6O3/c1-4-5(13-14-9(11)12)6-7(17)15(2)10(19)16(3)8(6)18/h17H,4H2,1-3H3,(H4,11,12,14). The Morgan fingerprint density at radius 3 is 2.26 bits per heavy atom. The van der Waals surface area contributed by atoms with Crippen molar-refractivity contribution in [3.8, 4) is 5.88 Å². The van der Waals surface area contributed by atoms with Crippen molar-refractivity contribution >= 4 is 11.7 Å². The summed E-state index contributed by atoms with van der Waals surface area (Å²) < 4.78 is 1.81. The van der Waals surface area contributed by atoms with Gasteiger partial charge in [0.15, 0.2) is 0 Å². The lowest BCUT2D eigenvalue weighted by Crippen LogP contribution is -2.40. The Morgan fingerprint density at radius 2 is 1.79 bits per heavy atom. The number of nitrogens with zero attached hydrogens (tertiary/aromatic N) is 4. The van der Waals surface area contributed by atoms with E-state index >= 15 is 0 Å². The maximum atomic E-state index is 12.0. The van der Waals surface area contributed by atoms with E-state index in [0.29, 0.717) is 6.42 Å². The molecule has 0 aliphatic rings. The fraction of sp³-hybridized carbons (Fsp3) is 0.400. The zero-order valence-electron chi connectivity index (χ0n) is 10.9. The highest BCUT2D eigenvalue weighted by Gasteiger charge is 2.18. The summed E-state index contributed by atoms with van der Waals surface area (Å²) in [5.74, 6) is -0.744. The Bertz CT molecular complexity index is 663. The minimum Gasteiger partial charge on any atom is -0.494 e. The van der Waals surface area contributed by atoms with Crippen LogP contribution in [0, 0.1) is 0 Å². The van der Waals surface area contributed by atoms with Crippen LogP contribution in [-0.4, -0.2) is 25.9 Å². The first-order chi connectivity index (χ1) is 8.81. The topological polar surface area (TPSA) is 141 Å². The highest BCUT2D eigenvalue weighted by molar-refractivity contribution is 6.02. The molecule has 5 N–H and O–H groups in total. The van der Waals surface area contributed by atoms with Crippen LogP contribution in [0.15, 0.2) is 19.8 Å². The molecule has 0 saturated carbocycles. The van der Waals surface area contributed by atoms with Gasteiger partial charge in [-0.05, 0) is 6.42 Å². The van der Waals surface area contributed by atoms with Gasteiger partial charge in [0, 0.05) is 14.1 Å². The van der Waals surface area contributed by atoms with Crippen molar-refractivity contribution in [2.45, 2.75) is 13.3 Å². The van der Waals surface area contributed by atoms with Gasteiger partial charge in [-0.1, -0.05) is 6.92 Å². The first kappa shape index (κ1) is 14.5. The summed E-state index contributed by atoms with van der Waals surface area (Å²) >= 11 is 0. The second-order valence-corrected chi connectivity index (χ2v) is 3.83. The molecule has 0 saturated heterocycles. The van der Waals surface area contributed by atoms with Gasteiger partial charge in [-0.2, -0.15) is 5.10 Å². The lowest BCUT2D eigenvalue weighted by atomic mass is 10.1. The van der Waals surface area contributed by atoms with Crippen molar-refractivity contribution in [2.75, 3.05) is 0 Å². The van der Waals surface area contributed by atoms with Crippen LogP contribution in [0.25, 0.3) is 0 Å². The van der Waals surface area contributed by atoms with Gasteiger partial charge in [0.1, 0.15) is 5.56 Å². The van der Waals surface area contributed by atoms with E-state index in [-0.39, 0.29) is 17.2 Å². The van der Waals surface area contributed by atoms with Gasteiger partial charge in [-0.15, -0.1) is 5.10 Å². The molecule has 19 heavy (non-hydrogen) atoms. The van der Waals surface area contributed by atoms with E-state index < -0.39 is 17.1 Å². The van der Waals surface area contributed by atoms with Crippen molar-refractivity contribution in [2.24, 2.45) is 35.8 Å². The van der Waals surface area contributed by atoms with Crippen molar-refractivity contribution in [3.63, 3.8) is 0 Å². The van der Waals surface area contributed by atoms with E-state index in [2.05, 4.69) is 10.2 Å². The molecule has 1 aromatic heterocycles. The SMILES string of the molecule is CCC(=NN=C(N)N)c1c(O)n(C)c(=O)n(C)c1=O. The molecule has 0 atom stereocenters. The third kappa shape index (κ3) is 2.64. The minimum absolute atomic E-state index is 0.0999. The molecule has 1 rings (SSSR count). The summed E-state index contributed by atoms with van der Waals surface area (Å²) in [4.78, 5) is 23.6. The van der Waals surface area contributed by atoms with E-state index in [9.17, 15) is 14.7 Å². The highest BCUT2D eigenvalue weighted by Crippen LogP contribution is 2.12. The normalized spacial score (nSPS) is 11.4. The fourth-order valence-electron chi connectivity index (χ4n) is 1.50. The maximum absolute atomic E-state index is 12.0. The van der Waals surface area contributed by atoms with Crippen LogP contribution in [0.4, 0.5) is 0 Å². The first-order valence-electron chi connectivity index (χ1n) is 5.46. The van der Waals surface area contributed by atoms with Gasteiger partial charge < -0.3 is 16.6 Å². The number of hydrogen-bond donors (Lipinski definition) is 3. The van der Waals surface area contributed by atoms with Crippen LogP contribution in [0.3, 0.4) is 0 Å². The molecular weight excluding hydrogens is 252 g/mol. The molecule has 9 heteroatoms. The molecule has 0 aliphatic carbocycles. The quantitative estimate of drug-likeness (QED) is 0.336. The van der Waals surface area contributed by atoms with Gasteiger partial charge in [-0.3, -0.25) is 13.9 Å². The van der Waals surface area contributed by atoms with E-state index in [1.807, 2.05) is 0 Å². The molecule has 104 valence electrons. The van der Waals surface area contributed by atoms with Crippen LogP contribution in [0.1, 0.15) is 18.9 Å². The van der Waals surface area contributed by atoms with Crippen molar-refractivity contribution < 1.29 is 5.11 Å². The molecule has 1 aromatic rings. The zero-order chi connectivity index (χ0) is 14.7. The summed E-state index contributed by atoms with van der Waals surface area (Å²) in [6.45, 7) is 1.71. The molecule has 9 nitrogen and oxygen atoms in total. The summed E-state index contributed by atoms with van der Waals surface area (Å²) in [6, 6.07) is 0. The van der Waals surface area contributed by atoms with E-state index in [0.717, 1.165) is 9.13 Å². The van der Waals surface area contributed by atoms with Crippen molar-refractivity contribution in [1.29, 1.82) is 0 Å². The lowest BCUT2D eigenvalue weighted by molar-refractivity contribution is 0.410. The van der Waals surface area contributed by atoms with Crippen LogP contribution in [0.5, 0.6) is 5.88 Å². The van der Waals surface area contributed by atoms with E-state index in [1.165, 1.54) is 14.1 Å². The van der Waals surface area contributed by atoms with Crippen LogP contribution in [-0.2, 0) is 14.1 Å². The number of guanidine groups is 1. The van der Waals surface area contributed by atoms with Gasteiger partial charge >= 0.3 is 5.69 Å². The van der Waals surface area contributed by atoms with Crippen molar-refractivity contribution in [3.05, 3.63) is 26.4 Å². The smallest absolute Gasteiger partial charge is 0.333 e. The summed E-state index contributed by atoms with van der Waals surface area (Å²) in [6.07, 6.45) is 0.303. The van der Waals surface area contributed by atoms with Crippen LogP contribution >= 0.6 is 0 Å². The predicted molar refractivity (Wildman–Crippen MR) is 71.2 cm³/mol. The number of aromatic hydroxyl groups is 1. The largest absolute Gasteiger partial charge is 0.494 e. The Balaban J connectivity index is 3.68. The number of rotatable bonds is 3. The maximum Gasteiger partial charge on any atom is 0.333 e. The van der Waals surface area contributed by atoms with Gasteiger partial charge in [0.05, 0.1) is 5.71 Å². The molecular formula is C10H16N6O3. The number of nitrogens with two attached hydrogens (primary N) is 2. The summed E-state index contributed by atoms with van der Waals surface area (Å²) in [5.41, 5.74) is 9.09. The average molecular weight is 268 g/mol. The van der Waals surface area contributed by atoms with Gasteiger partial charge in [-0.25, -0.2) is 4.79 Å². The Kier molecular flexibility index (Phi) is 4.10. The minimum atomic E-state index is -0.660. The number of hydrogen-bond acceptors (Lipinski definition) is 5. The molecule has 0 aromatic carbocycles. The predicted octanol–water partition coefficient (Wildman–Crippen LogP) is -1.82. The monoisotopic (exact) mass is 268 g/mol. The highest BCUT2D eigenvalue weighted by atomic mass is 16.3. The Labute approximate surface area is 108 Å². The van der Waals surface area contributed by atoms with Crippen molar-refractivity contribution in [1.82, 2.24) is 9.13 Å².